The van der Waals surface area contributed by atoms with Crippen LogP contribution in [0.25, 0.3) is 0 Å². The Kier molecular flexibility index (Phi) is 50.9. The predicted octanol–water partition coefficient (Wildman–Crippen LogP) is 18.2. The van der Waals surface area contributed by atoms with Crippen molar-refractivity contribution in [2.24, 2.45) is 0 Å². The number of carbonyl (C=O) groups is 1. The Balaban J connectivity index is 3.16. The van der Waals surface area contributed by atoms with Crippen molar-refractivity contribution >= 4 is 5.97 Å². The number of aliphatic hydroxyl groups is 1. The average molecular weight is 787 g/mol. The van der Waals surface area contributed by atoms with Gasteiger partial charge < -0.3 is 9.84 Å². The van der Waals surface area contributed by atoms with E-state index in [2.05, 4.69) is 31.2 Å². The fourth-order valence-electron chi connectivity index (χ4n) is 8.03. The summed E-state index contributed by atoms with van der Waals surface area (Å²) in [6.07, 6.45) is 69.1. The molecule has 1 N–H and O–H groups in total. The summed E-state index contributed by atoms with van der Waals surface area (Å²) < 4.78 is 5.47. The lowest BCUT2D eigenvalue weighted by Gasteiger charge is -2.06. The molecule has 3 heteroatoms. The molecule has 56 heavy (non-hydrogen) atoms. The van der Waals surface area contributed by atoms with Gasteiger partial charge >= 0.3 is 5.97 Å². The topological polar surface area (TPSA) is 46.5 Å². The van der Waals surface area contributed by atoms with E-state index in [1.807, 2.05) is 0 Å². The summed E-state index contributed by atoms with van der Waals surface area (Å²) in [5.74, 6) is 0.0127. The fraction of sp³-hybridized carbons (Fsp3) is 0.906. The van der Waals surface area contributed by atoms with Crippen LogP contribution in [0.15, 0.2) is 24.3 Å². The van der Waals surface area contributed by atoms with Crippen LogP contribution >= 0.6 is 0 Å². The first-order valence-electron chi connectivity index (χ1n) is 25.9. The molecule has 0 aliphatic carbocycles. The lowest BCUT2D eigenvalue weighted by atomic mass is 10.0. The third kappa shape index (κ3) is 50.9. The SMILES string of the molecule is CCCCC/C=C\C/C=C\CCCCCCCC(=O)OCCCCCCCCCCCCCCCCCCCCCCCCCCCCCCCCCCCO. The van der Waals surface area contributed by atoms with E-state index in [0.29, 0.717) is 19.6 Å². The first-order chi connectivity index (χ1) is 27.8. The van der Waals surface area contributed by atoms with E-state index in [-0.39, 0.29) is 5.97 Å². The molecule has 0 aromatic carbocycles. The maximum absolute atomic E-state index is 12.0. The number of rotatable bonds is 49. The minimum absolute atomic E-state index is 0.0127. The number of hydrogen-bond acceptors (Lipinski definition) is 3. The van der Waals surface area contributed by atoms with Gasteiger partial charge in [0, 0.05) is 13.0 Å². The molecule has 332 valence electrons. The summed E-state index contributed by atoms with van der Waals surface area (Å²) in [7, 11) is 0. The van der Waals surface area contributed by atoms with Gasteiger partial charge in [-0.05, 0) is 51.4 Å². The highest BCUT2D eigenvalue weighted by atomic mass is 16.5. The second-order valence-electron chi connectivity index (χ2n) is 17.6. The van der Waals surface area contributed by atoms with Crippen molar-refractivity contribution in [3.05, 3.63) is 24.3 Å². The summed E-state index contributed by atoms with van der Waals surface area (Å²) in [5, 5.41) is 8.82. The molecular formula is C53H102O3. The Morgan fingerprint density at radius 1 is 0.357 bits per heavy atom. The minimum atomic E-state index is 0.0127. The monoisotopic (exact) mass is 787 g/mol. The predicted molar refractivity (Wildman–Crippen MR) is 250 cm³/mol. The molecule has 0 saturated heterocycles. The van der Waals surface area contributed by atoms with Gasteiger partial charge in [0.25, 0.3) is 0 Å². The Labute approximate surface area is 352 Å². The van der Waals surface area contributed by atoms with Gasteiger partial charge in [-0.3, -0.25) is 4.79 Å². The fourth-order valence-corrected chi connectivity index (χ4v) is 8.03. The summed E-state index contributed by atoms with van der Waals surface area (Å²) in [5.41, 5.74) is 0. The maximum Gasteiger partial charge on any atom is 0.305 e. The van der Waals surface area contributed by atoms with Crippen molar-refractivity contribution in [3.63, 3.8) is 0 Å². The van der Waals surface area contributed by atoms with Crippen molar-refractivity contribution < 1.29 is 14.6 Å². The summed E-state index contributed by atoms with van der Waals surface area (Å²) in [6.45, 7) is 3.25. The number of carbonyl (C=O) groups excluding carboxylic acids is 1. The quantitative estimate of drug-likeness (QED) is 0.0379. The molecule has 0 unspecified atom stereocenters. The molecule has 0 aromatic heterocycles. The zero-order valence-corrected chi connectivity index (χ0v) is 38.3. The third-order valence-corrected chi connectivity index (χ3v) is 11.9. The standard InChI is InChI=1S/C53H102O3/c1-2-3-4-5-6-7-8-9-29-32-35-38-41-44-47-50-53(55)56-52-49-46-43-40-37-34-31-28-26-24-22-20-18-16-14-12-10-11-13-15-17-19-21-23-25-27-30-33-36-39-42-45-48-51-54/h6-7,9,29,54H,2-5,8,10-28,30-52H2,1H3/b7-6-,29-9-. The summed E-state index contributed by atoms with van der Waals surface area (Å²) in [6, 6.07) is 0. The third-order valence-electron chi connectivity index (χ3n) is 11.9. The van der Waals surface area contributed by atoms with E-state index < -0.39 is 0 Å². The van der Waals surface area contributed by atoms with Gasteiger partial charge in [-0.25, -0.2) is 0 Å². The van der Waals surface area contributed by atoms with Crippen LogP contribution in [0.5, 0.6) is 0 Å². The van der Waals surface area contributed by atoms with E-state index in [1.54, 1.807) is 0 Å². The molecule has 0 fully saturated rings. The zero-order valence-electron chi connectivity index (χ0n) is 38.3. The van der Waals surface area contributed by atoms with Crippen LogP contribution in [-0.2, 0) is 9.53 Å². The van der Waals surface area contributed by atoms with E-state index in [4.69, 9.17) is 9.84 Å². The van der Waals surface area contributed by atoms with E-state index in [9.17, 15) is 4.79 Å². The van der Waals surface area contributed by atoms with Gasteiger partial charge in [0.1, 0.15) is 0 Å². The van der Waals surface area contributed by atoms with Gasteiger partial charge in [0.15, 0.2) is 0 Å². The van der Waals surface area contributed by atoms with Crippen molar-refractivity contribution in [3.8, 4) is 0 Å². The van der Waals surface area contributed by atoms with Crippen LogP contribution in [-0.4, -0.2) is 24.3 Å². The minimum Gasteiger partial charge on any atom is -0.466 e. The number of allylic oxidation sites excluding steroid dienone is 4. The second kappa shape index (κ2) is 51.9. The Bertz CT molecular complexity index is 773. The number of hydrogen-bond donors (Lipinski definition) is 1. The van der Waals surface area contributed by atoms with Crippen LogP contribution < -0.4 is 0 Å². The van der Waals surface area contributed by atoms with Crippen molar-refractivity contribution in [1.29, 1.82) is 0 Å². The summed E-state index contributed by atoms with van der Waals surface area (Å²) in [4.78, 5) is 12.0. The van der Waals surface area contributed by atoms with Gasteiger partial charge in [-0.1, -0.05) is 262 Å². The van der Waals surface area contributed by atoms with Crippen LogP contribution in [0.4, 0.5) is 0 Å². The Morgan fingerprint density at radius 3 is 0.982 bits per heavy atom. The molecule has 0 aliphatic heterocycles. The van der Waals surface area contributed by atoms with Crippen molar-refractivity contribution in [1.82, 2.24) is 0 Å². The van der Waals surface area contributed by atoms with Gasteiger partial charge in [-0.15, -0.1) is 0 Å². The van der Waals surface area contributed by atoms with Crippen molar-refractivity contribution in [2.45, 2.75) is 296 Å². The number of esters is 1. The molecule has 3 nitrogen and oxygen atoms in total. The second-order valence-corrected chi connectivity index (χ2v) is 17.6. The summed E-state index contributed by atoms with van der Waals surface area (Å²) >= 11 is 0. The molecule has 0 aliphatic rings. The number of aliphatic hydroxyl groups excluding tert-OH is 1. The molecule has 0 rings (SSSR count). The lowest BCUT2D eigenvalue weighted by Crippen LogP contribution is -2.05. The lowest BCUT2D eigenvalue weighted by molar-refractivity contribution is -0.143. The molecular weight excluding hydrogens is 685 g/mol. The van der Waals surface area contributed by atoms with E-state index in [0.717, 1.165) is 32.1 Å². The highest BCUT2D eigenvalue weighted by Gasteiger charge is 2.03. The van der Waals surface area contributed by atoms with Crippen LogP contribution in [0.2, 0.25) is 0 Å². The van der Waals surface area contributed by atoms with Gasteiger partial charge in [-0.2, -0.15) is 0 Å². The normalized spacial score (nSPS) is 11.8. The van der Waals surface area contributed by atoms with Gasteiger partial charge in [0.2, 0.25) is 0 Å². The van der Waals surface area contributed by atoms with Crippen LogP contribution in [0.1, 0.15) is 296 Å². The molecule has 0 spiro atoms. The first kappa shape index (κ1) is 54.9. The van der Waals surface area contributed by atoms with Crippen LogP contribution in [0, 0.1) is 0 Å². The smallest absolute Gasteiger partial charge is 0.305 e. The Morgan fingerprint density at radius 2 is 0.643 bits per heavy atom. The van der Waals surface area contributed by atoms with Crippen LogP contribution in [0.3, 0.4) is 0 Å². The molecule has 0 bridgehead atoms. The molecule has 0 radical (unpaired) electrons. The average Bonchev–Trinajstić information content (AvgIpc) is 3.20. The number of ether oxygens (including phenoxy) is 1. The van der Waals surface area contributed by atoms with Crippen molar-refractivity contribution in [2.75, 3.05) is 13.2 Å². The highest BCUT2D eigenvalue weighted by molar-refractivity contribution is 5.69. The number of unbranched alkanes of at least 4 members (excludes halogenated alkanes) is 40. The largest absolute Gasteiger partial charge is 0.466 e. The zero-order chi connectivity index (χ0) is 40.3. The highest BCUT2D eigenvalue weighted by Crippen LogP contribution is 2.17. The molecule has 0 aromatic rings. The Hall–Kier alpha value is -1.09. The van der Waals surface area contributed by atoms with E-state index in [1.165, 1.54) is 250 Å². The molecule has 0 heterocycles. The van der Waals surface area contributed by atoms with Gasteiger partial charge in [0.05, 0.1) is 6.61 Å². The molecule has 0 saturated carbocycles. The molecule has 0 amide bonds. The first-order valence-corrected chi connectivity index (χ1v) is 25.9. The maximum atomic E-state index is 12.0. The van der Waals surface area contributed by atoms with E-state index >= 15 is 0 Å². The molecule has 0 atom stereocenters.